The number of hydrogen-bond donors (Lipinski definition) is 3. The summed E-state index contributed by atoms with van der Waals surface area (Å²) in [7, 11) is 0. The number of phenols is 2. The zero-order valence-corrected chi connectivity index (χ0v) is 10.0. The van der Waals surface area contributed by atoms with Crippen molar-refractivity contribution in [2.45, 2.75) is 12.8 Å². The predicted octanol–water partition coefficient (Wildman–Crippen LogP) is 0.942. The molecule has 5 nitrogen and oxygen atoms in total. The number of benzene rings is 1. The number of aromatic hydroxyl groups is 2. The van der Waals surface area contributed by atoms with Crippen LogP contribution in [0.5, 0.6) is 11.5 Å². The molecule has 1 amide bonds. The summed E-state index contributed by atoms with van der Waals surface area (Å²) in [4.78, 5) is 13.8. The summed E-state index contributed by atoms with van der Waals surface area (Å²) in [5, 5.41) is 28.0. The molecule has 1 aromatic rings. The number of nitrogens with zero attached hydrogens (tertiary/aromatic N) is 1. The molecule has 0 atom stereocenters. The fourth-order valence-corrected chi connectivity index (χ4v) is 2.18. The molecule has 0 radical (unpaired) electrons. The van der Waals surface area contributed by atoms with E-state index < -0.39 is 0 Å². The van der Waals surface area contributed by atoms with Crippen LogP contribution < -0.4 is 0 Å². The molecule has 1 saturated heterocycles. The highest BCUT2D eigenvalue weighted by molar-refractivity contribution is 5.97. The average molecular weight is 251 g/mol. The summed E-state index contributed by atoms with van der Waals surface area (Å²) in [6, 6.07) is 3.92. The van der Waals surface area contributed by atoms with Gasteiger partial charge in [-0.1, -0.05) is 0 Å². The van der Waals surface area contributed by atoms with Crippen LogP contribution in [0.3, 0.4) is 0 Å². The number of hydrogen-bond acceptors (Lipinski definition) is 4. The van der Waals surface area contributed by atoms with Gasteiger partial charge in [-0.05, 0) is 37.0 Å². The van der Waals surface area contributed by atoms with Crippen molar-refractivity contribution >= 4 is 5.91 Å². The van der Waals surface area contributed by atoms with Crippen molar-refractivity contribution in [1.29, 1.82) is 0 Å². The number of aliphatic hydroxyl groups excluding tert-OH is 1. The second-order valence-corrected chi connectivity index (χ2v) is 4.62. The van der Waals surface area contributed by atoms with Crippen LogP contribution in [0.2, 0.25) is 0 Å². The van der Waals surface area contributed by atoms with E-state index in [-0.39, 0.29) is 35.5 Å². The minimum atomic E-state index is -0.278. The number of likely N-dealkylation sites (tertiary alicyclic amines) is 1. The van der Waals surface area contributed by atoms with Gasteiger partial charge in [-0.15, -0.1) is 0 Å². The Hall–Kier alpha value is -1.75. The van der Waals surface area contributed by atoms with Gasteiger partial charge >= 0.3 is 0 Å². The van der Waals surface area contributed by atoms with Gasteiger partial charge in [-0.2, -0.15) is 0 Å². The number of phenolic OH excluding ortho intramolecular Hbond substituents is 2. The molecule has 1 fully saturated rings. The molecule has 0 spiro atoms. The maximum absolute atomic E-state index is 12.2. The second-order valence-electron chi connectivity index (χ2n) is 4.62. The minimum Gasteiger partial charge on any atom is -0.508 e. The molecule has 0 aromatic heterocycles. The molecule has 1 aliphatic rings. The summed E-state index contributed by atoms with van der Waals surface area (Å²) in [5.74, 6) is -0.185. The molecule has 0 bridgehead atoms. The molecule has 0 saturated carbocycles. The quantitative estimate of drug-likeness (QED) is 0.683. The van der Waals surface area contributed by atoms with Crippen molar-refractivity contribution in [1.82, 2.24) is 4.90 Å². The highest BCUT2D eigenvalue weighted by atomic mass is 16.3. The van der Waals surface area contributed by atoms with Crippen LogP contribution in [0.1, 0.15) is 23.2 Å². The molecule has 3 N–H and O–H groups in total. The number of aliphatic hydroxyl groups is 1. The molecule has 18 heavy (non-hydrogen) atoms. The lowest BCUT2D eigenvalue weighted by atomic mass is 9.97. The van der Waals surface area contributed by atoms with Crippen molar-refractivity contribution < 1.29 is 20.1 Å². The third-order valence-electron chi connectivity index (χ3n) is 3.37. The van der Waals surface area contributed by atoms with Gasteiger partial charge in [-0.3, -0.25) is 4.79 Å². The smallest absolute Gasteiger partial charge is 0.257 e. The molecule has 0 unspecified atom stereocenters. The van der Waals surface area contributed by atoms with Crippen LogP contribution in [-0.2, 0) is 0 Å². The first kappa shape index (κ1) is 12.7. The lowest BCUT2D eigenvalue weighted by Crippen LogP contribution is -2.39. The summed E-state index contributed by atoms with van der Waals surface area (Å²) in [6.07, 6.45) is 1.53. The van der Waals surface area contributed by atoms with Crippen molar-refractivity contribution in [2.75, 3.05) is 19.7 Å². The SMILES string of the molecule is O=C(c1cc(O)ccc1O)N1CCC(CO)CC1. The van der Waals surface area contributed by atoms with E-state index in [2.05, 4.69) is 0 Å². The number of amides is 1. The number of piperidine rings is 1. The highest BCUT2D eigenvalue weighted by Gasteiger charge is 2.24. The van der Waals surface area contributed by atoms with E-state index in [0.29, 0.717) is 13.1 Å². The third-order valence-corrected chi connectivity index (χ3v) is 3.37. The van der Waals surface area contributed by atoms with Crippen molar-refractivity contribution in [3.63, 3.8) is 0 Å². The van der Waals surface area contributed by atoms with Crippen molar-refractivity contribution in [3.05, 3.63) is 23.8 Å². The maximum atomic E-state index is 12.2. The van der Waals surface area contributed by atoms with Gasteiger partial charge in [0.25, 0.3) is 5.91 Å². The van der Waals surface area contributed by atoms with Gasteiger partial charge in [0.05, 0.1) is 5.56 Å². The summed E-state index contributed by atoms with van der Waals surface area (Å²) >= 11 is 0. The Morgan fingerprint density at radius 2 is 1.94 bits per heavy atom. The highest BCUT2D eigenvalue weighted by Crippen LogP contribution is 2.25. The topological polar surface area (TPSA) is 81.0 Å². The molecule has 1 aromatic carbocycles. The van der Waals surface area contributed by atoms with Gasteiger partial charge in [-0.25, -0.2) is 0 Å². The molecule has 98 valence electrons. The Morgan fingerprint density at radius 3 is 2.56 bits per heavy atom. The lowest BCUT2D eigenvalue weighted by Gasteiger charge is -2.31. The first-order valence-corrected chi connectivity index (χ1v) is 6.04. The number of carbonyl (C=O) groups is 1. The first-order valence-electron chi connectivity index (χ1n) is 6.04. The second kappa shape index (κ2) is 5.27. The van der Waals surface area contributed by atoms with Crippen molar-refractivity contribution in [3.8, 4) is 11.5 Å². The van der Waals surface area contributed by atoms with Gasteiger partial charge in [0.15, 0.2) is 0 Å². The van der Waals surface area contributed by atoms with Crippen LogP contribution in [0.4, 0.5) is 0 Å². The largest absolute Gasteiger partial charge is 0.508 e. The fraction of sp³-hybridized carbons (Fsp3) is 0.462. The average Bonchev–Trinajstić information content (AvgIpc) is 2.41. The Kier molecular flexibility index (Phi) is 3.72. The zero-order valence-electron chi connectivity index (χ0n) is 10.0. The minimum absolute atomic E-state index is 0.0404. The maximum Gasteiger partial charge on any atom is 0.257 e. The molecule has 1 aliphatic heterocycles. The fourth-order valence-electron chi connectivity index (χ4n) is 2.18. The predicted molar refractivity (Wildman–Crippen MR) is 65.5 cm³/mol. The molecular weight excluding hydrogens is 234 g/mol. The van der Waals surface area contributed by atoms with Gasteiger partial charge < -0.3 is 20.2 Å². The number of carbonyl (C=O) groups excluding carboxylic acids is 1. The zero-order chi connectivity index (χ0) is 13.1. The van der Waals surface area contributed by atoms with E-state index in [1.165, 1.54) is 18.2 Å². The van der Waals surface area contributed by atoms with Gasteiger partial charge in [0.1, 0.15) is 11.5 Å². The van der Waals surface area contributed by atoms with E-state index in [0.717, 1.165) is 12.8 Å². The molecule has 0 aliphatic carbocycles. The Bertz CT molecular complexity index is 439. The number of rotatable bonds is 2. The first-order chi connectivity index (χ1) is 8.61. The monoisotopic (exact) mass is 251 g/mol. The Labute approximate surface area is 105 Å². The van der Waals surface area contributed by atoms with E-state index in [9.17, 15) is 15.0 Å². The molecule has 1 heterocycles. The summed E-state index contributed by atoms with van der Waals surface area (Å²) in [5.41, 5.74) is 0.123. The standard InChI is InChI=1S/C13H17NO4/c15-8-9-3-5-14(6-4-9)13(18)11-7-10(16)1-2-12(11)17/h1-2,7,9,15-17H,3-6,8H2. The molecule has 2 rings (SSSR count). The Morgan fingerprint density at radius 1 is 1.28 bits per heavy atom. The van der Waals surface area contributed by atoms with Gasteiger partial charge in [0, 0.05) is 19.7 Å². The normalized spacial score (nSPS) is 16.8. The van der Waals surface area contributed by atoms with E-state index >= 15 is 0 Å². The van der Waals surface area contributed by atoms with Crippen LogP contribution in [-0.4, -0.2) is 45.8 Å². The van der Waals surface area contributed by atoms with E-state index in [4.69, 9.17) is 5.11 Å². The molecule has 5 heteroatoms. The van der Waals surface area contributed by atoms with Gasteiger partial charge in [0.2, 0.25) is 0 Å². The van der Waals surface area contributed by atoms with E-state index in [1.807, 2.05) is 0 Å². The summed E-state index contributed by atoms with van der Waals surface area (Å²) in [6.45, 7) is 1.29. The lowest BCUT2D eigenvalue weighted by molar-refractivity contribution is 0.0647. The third kappa shape index (κ3) is 2.56. The van der Waals surface area contributed by atoms with Crippen molar-refractivity contribution in [2.24, 2.45) is 5.92 Å². The van der Waals surface area contributed by atoms with E-state index in [1.54, 1.807) is 4.90 Å². The summed E-state index contributed by atoms with van der Waals surface area (Å²) < 4.78 is 0. The van der Waals surface area contributed by atoms with Crippen LogP contribution in [0, 0.1) is 5.92 Å². The molecular formula is C13H17NO4. The Balaban J connectivity index is 2.10. The van der Waals surface area contributed by atoms with Crippen LogP contribution >= 0.6 is 0 Å². The van der Waals surface area contributed by atoms with Crippen LogP contribution in [0.15, 0.2) is 18.2 Å². The van der Waals surface area contributed by atoms with Crippen LogP contribution in [0.25, 0.3) is 0 Å².